The first kappa shape index (κ1) is 13.8. The molecule has 0 unspecified atom stereocenters. The van der Waals surface area contributed by atoms with Gasteiger partial charge in [0, 0.05) is 23.2 Å². The summed E-state index contributed by atoms with van der Waals surface area (Å²) in [5.74, 6) is 0.867. The van der Waals surface area contributed by atoms with Gasteiger partial charge in [0.1, 0.15) is 17.3 Å². The van der Waals surface area contributed by atoms with E-state index in [2.05, 4.69) is 5.32 Å². The summed E-state index contributed by atoms with van der Waals surface area (Å²) in [7, 11) is 1.84. The van der Waals surface area contributed by atoms with Crippen molar-refractivity contribution in [3.63, 3.8) is 0 Å². The lowest BCUT2D eigenvalue weighted by molar-refractivity contribution is 0.468. The second-order valence-electron chi connectivity index (χ2n) is 4.30. The number of hydrogen-bond acceptors (Lipinski definition) is 2. The number of ether oxygens (including phenoxy) is 1. The molecule has 100 valence electrons. The summed E-state index contributed by atoms with van der Waals surface area (Å²) in [4.78, 5) is 0. The molecule has 1 N–H and O–H groups in total. The second-order valence-corrected chi connectivity index (χ2v) is 4.73. The van der Waals surface area contributed by atoms with Gasteiger partial charge >= 0.3 is 0 Å². The molecule has 2 aromatic carbocycles. The van der Waals surface area contributed by atoms with Gasteiger partial charge in [-0.15, -0.1) is 0 Å². The highest BCUT2D eigenvalue weighted by Gasteiger charge is 2.07. The predicted octanol–water partition coefficient (Wildman–Crippen LogP) is 4.30. The Morgan fingerprint density at radius 3 is 2.68 bits per heavy atom. The topological polar surface area (TPSA) is 21.3 Å². The molecule has 4 heteroatoms. The molecular weight excluding hydrogens is 265 g/mol. The zero-order chi connectivity index (χ0) is 13.8. The van der Waals surface area contributed by atoms with Crippen molar-refractivity contribution in [3.05, 3.63) is 58.4 Å². The zero-order valence-corrected chi connectivity index (χ0v) is 11.6. The molecule has 0 aliphatic rings. The van der Waals surface area contributed by atoms with E-state index in [1.807, 2.05) is 13.1 Å². The predicted molar refractivity (Wildman–Crippen MR) is 75.4 cm³/mol. The van der Waals surface area contributed by atoms with Gasteiger partial charge in [0.15, 0.2) is 0 Å². The molecule has 0 spiro atoms. The third-order valence-electron chi connectivity index (χ3n) is 2.76. The van der Waals surface area contributed by atoms with Crippen LogP contribution in [-0.2, 0) is 6.54 Å². The standard InChI is InChI=1S/C15H15ClFNO/c1-10-3-5-13(8-14(10)17)19-15-6-4-12(16)7-11(15)9-18-2/h3-8,18H,9H2,1-2H3. The van der Waals surface area contributed by atoms with E-state index in [9.17, 15) is 4.39 Å². The maximum atomic E-state index is 13.5. The molecule has 0 saturated carbocycles. The van der Waals surface area contributed by atoms with Crippen LogP contribution in [0.15, 0.2) is 36.4 Å². The monoisotopic (exact) mass is 279 g/mol. The maximum Gasteiger partial charge on any atom is 0.132 e. The molecule has 2 aromatic rings. The van der Waals surface area contributed by atoms with Crippen LogP contribution in [-0.4, -0.2) is 7.05 Å². The summed E-state index contributed by atoms with van der Waals surface area (Å²) >= 11 is 5.96. The third-order valence-corrected chi connectivity index (χ3v) is 3.00. The summed E-state index contributed by atoms with van der Waals surface area (Å²) in [6, 6.07) is 10.2. The first-order valence-corrected chi connectivity index (χ1v) is 6.35. The van der Waals surface area contributed by atoms with Crippen LogP contribution >= 0.6 is 11.6 Å². The minimum absolute atomic E-state index is 0.276. The largest absolute Gasteiger partial charge is 0.457 e. The van der Waals surface area contributed by atoms with Crippen molar-refractivity contribution in [2.75, 3.05) is 7.05 Å². The Bertz CT molecular complexity index is 586. The zero-order valence-electron chi connectivity index (χ0n) is 10.8. The highest BCUT2D eigenvalue weighted by molar-refractivity contribution is 6.30. The number of halogens is 2. The summed E-state index contributed by atoms with van der Waals surface area (Å²) in [6.07, 6.45) is 0. The average molecular weight is 280 g/mol. The SMILES string of the molecule is CNCc1cc(Cl)ccc1Oc1ccc(C)c(F)c1. The molecule has 2 nitrogen and oxygen atoms in total. The lowest BCUT2D eigenvalue weighted by atomic mass is 10.2. The van der Waals surface area contributed by atoms with Crippen molar-refractivity contribution in [1.29, 1.82) is 0 Å². The number of aryl methyl sites for hydroxylation is 1. The smallest absolute Gasteiger partial charge is 0.132 e. The van der Waals surface area contributed by atoms with Gasteiger partial charge in [-0.1, -0.05) is 17.7 Å². The molecular formula is C15H15ClFNO. The van der Waals surface area contributed by atoms with Crippen LogP contribution in [0.5, 0.6) is 11.5 Å². The van der Waals surface area contributed by atoms with Crippen LogP contribution in [0.1, 0.15) is 11.1 Å². The lowest BCUT2D eigenvalue weighted by Gasteiger charge is -2.12. The first-order chi connectivity index (χ1) is 9.10. The third kappa shape index (κ3) is 3.46. The minimum Gasteiger partial charge on any atom is -0.457 e. The van der Waals surface area contributed by atoms with Gasteiger partial charge in [-0.3, -0.25) is 0 Å². The summed E-state index contributed by atoms with van der Waals surface area (Å²) in [5.41, 5.74) is 1.52. The molecule has 0 aliphatic heterocycles. The van der Waals surface area contributed by atoms with E-state index < -0.39 is 0 Å². The van der Waals surface area contributed by atoms with E-state index in [-0.39, 0.29) is 5.82 Å². The van der Waals surface area contributed by atoms with Gasteiger partial charge in [-0.2, -0.15) is 0 Å². The van der Waals surface area contributed by atoms with Crippen molar-refractivity contribution >= 4 is 11.6 Å². The lowest BCUT2D eigenvalue weighted by Crippen LogP contribution is -2.06. The van der Waals surface area contributed by atoms with E-state index in [1.165, 1.54) is 6.07 Å². The highest BCUT2D eigenvalue weighted by atomic mass is 35.5. The summed E-state index contributed by atoms with van der Waals surface area (Å²) in [5, 5.41) is 3.69. The number of nitrogens with one attached hydrogen (secondary N) is 1. The fourth-order valence-electron chi connectivity index (χ4n) is 1.74. The average Bonchev–Trinajstić information content (AvgIpc) is 2.37. The fourth-order valence-corrected chi connectivity index (χ4v) is 1.93. The second kappa shape index (κ2) is 6.04. The normalized spacial score (nSPS) is 10.5. The van der Waals surface area contributed by atoms with Gasteiger partial charge < -0.3 is 10.1 Å². The Kier molecular flexibility index (Phi) is 4.40. The molecule has 19 heavy (non-hydrogen) atoms. The summed E-state index contributed by atoms with van der Waals surface area (Å²) < 4.78 is 19.2. The van der Waals surface area contributed by atoms with Crippen LogP contribution in [0.4, 0.5) is 4.39 Å². The molecule has 0 amide bonds. The van der Waals surface area contributed by atoms with E-state index in [1.54, 1.807) is 31.2 Å². The Hall–Kier alpha value is -1.58. The van der Waals surface area contributed by atoms with Crippen LogP contribution in [0.3, 0.4) is 0 Å². The fraction of sp³-hybridized carbons (Fsp3) is 0.200. The molecule has 0 aromatic heterocycles. The van der Waals surface area contributed by atoms with Crippen LogP contribution in [0.25, 0.3) is 0 Å². The van der Waals surface area contributed by atoms with Gasteiger partial charge in [0.05, 0.1) is 0 Å². The van der Waals surface area contributed by atoms with Gasteiger partial charge in [0.25, 0.3) is 0 Å². The molecule has 0 fully saturated rings. The molecule has 0 saturated heterocycles. The highest BCUT2D eigenvalue weighted by Crippen LogP contribution is 2.28. The summed E-state index contributed by atoms with van der Waals surface area (Å²) in [6.45, 7) is 2.35. The van der Waals surface area contributed by atoms with E-state index in [0.717, 1.165) is 5.56 Å². The quantitative estimate of drug-likeness (QED) is 0.901. The first-order valence-electron chi connectivity index (χ1n) is 5.97. The van der Waals surface area contributed by atoms with Crippen molar-refractivity contribution in [2.45, 2.75) is 13.5 Å². The van der Waals surface area contributed by atoms with Crippen LogP contribution in [0.2, 0.25) is 5.02 Å². The van der Waals surface area contributed by atoms with E-state index in [0.29, 0.717) is 28.6 Å². The van der Waals surface area contributed by atoms with Gasteiger partial charge in [-0.05, 0) is 43.8 Å². The van der Waals surface area contributed by atoms with E-state index in [4.69, 9.17) is 16.3 Å². The Labute approximate surface area is 117 Å². The molecule has 0 aliphatic carbocycles. The molecule has 0 atom stereocenters. The number of benzene rings is 2. The Morgan fingerprint density at radius 1 is 1.21 bits per heavy atom. The molecule has 0 radical (unpaired) electrons. The van der Waals surface area contributed by atoms with Gasteiger partial charge in [0.2, 0.25) is 0 Å². The minimum atomic E-state index is -0.276. The van der Waals surface area contributed by atoms with Crippen molar-refractivity contribution in [2.24, 2.45) is 0 Å². The molecule has 0 heterocycles. The van der Waals surface area contributed by atoms with Crippen molar-refractivity contribution in [3.8, 4) is 11.5 Å². The maximum absolute atomic E-state index is 13.5. The molecule has 0 bridgehead atoms. The Morgan fingerprint density at radius 2 is 2.00 bits per heavy atom. The number of hydrogen-bond donors (Lipinski definition) is 1. The molecule has 2 rings (SSSR count). The van der Waals surface area contributed by atoms with Gasteiger partial charge in [-0.25, -0.2) is 4.39 Å². The number of rotatable bonds is 4. The van der Waals surface area contributed by atoms with E-state index >= 15 is 0 Å². The van der Waals surface area contributed by atoms with Crippen LogP contribution in [0, 0.1) is 12.7 Å². The van der Waals surface area contributed by atoms with Crippen LogP contribution < -0.4 is 10.1 Å². The Balaban J connectivity index is 2.29. The van der Waals surface area contributed by atoms with Crippen molar-refractivity contribution in [1.82, 2.24) is 5.32 Å². The van der Waals surface area contributed by atoms with Crippen molar-refractivity contribution < 1.29 is 9.13 Å².